The SMILES string of the molecule is NCc1ccc(C(F)F)c(C(N)=O)n1. The summed E-state index contributed by atoms with van der Waals surface area (Å²) in [5.41, 5.74) is 9.62. The molecule has 4 N–H and O–H groups in total. The lowest BCUT2D eigenvalue weighted by molar-refractivity contribution is 0.0979. The zero-order valence-electron chi connectivity index (χ0n) is 7.21. The lowest BCUT2D eigenvalue weighted by Gasteiger charge is -2.06. The molecular weight excluding hydrogens is 192 g/mol. The van der Waals surface area contributed by atoms with E-state index in [2.05, 4.69) is 4.98 Å². The van der Waals surface area contributed by atoms with Crippen LogP contribution in [0.4, 0.5) is 8.78 Å². The number of primary amides is 1. The fourth-order valence-electron chi connectivity index (χ4n) is 0.997. The minimum atomic E-state index is -2.77. The third kappa shape index (κ3) is 2.02. The Kier molecular flexibility index (Phi) is 3.08. The molecule has 4 nitrogen and oxygen atoms in total. The molecule has 1 heterocycles. The highest BCUT2D eigenvalue weighted by Crippen LogP contribution is 2.21. The van der Waals surface area contributed by atoms with Crippen molar-refractivity contribution in [3.63, 3.8) is 0 Å². The summed E-state index contributed by atoms with van der Waals surface area (Å²) in [5, 5.41) is 0. The van der Waals surface area contributed by atoms with Crippen molar-refractivity contribution >= 4 is 5.91 Å². The number of nitrogens with zero attached hydrogens (tertiary/aromatic N) is 1. The number of aromatic nitrogens is 1. The fraction of sp³-hybridized carbons (Fsp3) is 0.250. The first-order valence-corrected chi connectivity index (χ1v) is 3.84. The smallest absolute Gasteiger partial charge is 0.267 e. The summed E-state index contributed by atoms with van der Waals surface area (Å²) in [6, 6.07) is 2.45. The van der Waals surface area contributed by atoms with Crippen LogP contribution in [0.25, 0.3) is 0 Å². The van der Waals surface area contributed by atoms with E-state index < -0.39 is 23.6 Å². The maximum atomic E-state index is 12.3. The highest BCUT2D eigenvalue weighted by atomic mass is 19.3. The summed E-state index contributed by atoms with van der Waals surface area (Å²) in [6.45, 7) is 0.0732. The standard InChI is InChI=1S/C8H9F2N3O/c9-7(10)5-2-1-4(3-11)13-6(5)8(12)14/h1-2,7H,3,11H2,(H2,12,14). The molecule has 76 valence electrons. The third-order valence-electron chi connectivity index (χ3n) is 1.66. The van der Waals surface area contributed by atoms with Crippen LogP contribution in [0, 0.1) is 0 Å². The topological polar surface area (TPSA) is 82.0 Å². The molecule has 0 saturated carbocycles. The molecule has 0 unspecified atom stereocenters. The first-order chi connectivity index (χ1) is 6.56. The van der Waals surface area contributed by atoms with Gasteiger partial charge in [0.25, 0.3) is 12.3 Å². The molecule has 0 aromatic carbocycles. The first kappa shape index (κ1) is 10.5. The van der Waals surface area contributed by atoms with Gasteiger partial charge in [-0.05, 0) is 12.1 Å². The Balaban J connectivity index is 3.24. The normalized spacial score (nSPS) is 10.6. The van der Waals surface area contributed by atoms with E-state index >= 15 is 0 Å². The zero-order valence-corrected chi connectivity index (χ0v) is 7.21. The number of hydrogen-bond donors (Lipinski definition) is 2. The van der Waals surface area contributed by atoms with Gasteiger partial charge in [0.15, 0.2) is 0 Å². The molecule has 1 rings (SSSR count). The van der Waals surface area contributed by atoms with E-state index in [1.165, 1.54) is 6.07 Å². The van der Waals surface area contributed by atoms with Crippen LogP contribution in [0.5, 0.6) is 0 Å². The average molecular weight is 201 g/mol. The minimum absolute atomic E-state index is 0.0732. The molecule has 0 bridgehead atoms. The molecule has 0 aliphatic rings. The second-order valence-corrected chi connectivity index (χ2v) is 2.61. The summed E-state index contributed by atoms with van der Waals surface area (Å²) in [6.07, 6.45) is -2.77. The molecule has 0 fully saturated rings. The molecule has 0 aliphatic carbocycles. The Bertz CT molecular complexity index is 354. The quantitative estimate of drug-likeness (QED) is 0.750. The highest BCUT2D eigenvalue weighted by Gasteiger charge is 2.18. The second-order valence-electron chi connectivity index (χ2n) is 2.61. The van der Waals surface area contributed by atoms with E-state index in [1.54, 1.807) is 0 Å². The lowest BCUT2D eigenvalue weighted by atomic mass is 10.1. The number of nitrogens with two attached hydrogens (primary N) is 2. The van der Waals surface area contributed by atoms with Gasteiger partial charge in [-0.2, -0.15) is 0 Å². The largest absolute Gasteiger partial charge is 0.364 e. The fourth-order valence-corrected chi connectivity index (χ4v) is 0.997. The number of hydrogen-bond acceptors (Lipinski definition) is 3. The Morgan fingerprint density at radius 3 is 2.57 bits per heavy atom. The van der Waals surface area contributed by atoms with Crippen molar-refractivity contribution in [2.45, 2.75) is 13.0 Å². The molecule has 0 aliphatic heterocycles. The van der Waals surface area contributed by atoms with Crippen molar-refractivity contribution in [1.29, 1.82) is 0 Å². The predicted molar refractivity (Wildman–Crippen MR) is 45.6 cm³/mol. The van der Waals surface area contributed by atoms with E-state index in [1.807, 2.05) is 0 Å². The van der Waals surface area contributed by atoms with Crippen LogP contribution in [0.15, 0.2) is 12.1 Å². The summed E-state index contributed by atoms with van der Waals surface area (Å²) < 4.78 is 24.7. The van der Waals surface area contributed by atoms with Crippen molar-refractivity contribution in [2.75, 3.05) is 0 Å². The van der Waals surface area contributed by atoms with Crippen LogP contribution in [0.1, 0.15) is 28.2 Å². The molecule has 1 amide bonds. The summed E-state index contributed by atoms with van der Waals surface area (Å²) >= 11 is 0. The maximum absolute atomic E-state index is 12.3. The van der Waals surface area contributed by atoms with Crippen molar-refractivity contribution in [1.82, 2.24) is 4.98 Å². The first-order valence-electron chi connectivity index (χ1n) is 3.84. The number of pyridine rings is 1. The van der Waals surface area contributed by atoms with Crippen molar-refractivity contribution in [2.24, 2.45) is 11.5 Å². The van der Waals surface area contributed by atoms with Crippen molar-refractivity contribution in [3.05, 3.63) is 29.1 Å². The third-order valence-corrected chi connectivity index (χ3v) is 1.66. The Morgan fingerprint density at radius 2 is 2.14 bits per heavy atom. The van der Waals surface area contributed by atoms with E-state index in [0.717, 1.165) is 6.07 Å². The second kappa shape index (κ2) is 4.10. The molecule has 0 atom stereocenters. The molecule has 6 heteroatoms. The number of carbonyl (C=O) groups excluding carboxylic acids is 1. The van der Waals surface area contributed by atoms with Gasteiger partial charge in [0, 0.05) is 12.1 Å². The van der Waals surface area contributed by atoms with Crippen LogP contribution in [-0.2, 0) is 6.54 Å². The molecule has 0 spiro atoms. The zero-order chi connectivity index (χ0) is 10.7. The van der Waals surface area contributed by atoms with Crippen LogP contribution < -0.4 is 11.5 Å². The molecule has 0 radical (unpaired) electrons. The molecule has 1 aromatic rings. The predicted octanol–water partition coefficient (Wildman–Crippen LogP) is 0.577. The molecular formula is C8H9F2N3O. The van der Waals surface area contributed by atoms with E-state index in [4.69, 9.17) is 11.5 Å². The average Bonchev–Trinajstić information content (AvgIpc) is 2.16. The summed E-state index contributed by atoms with van der Waals surface area (Å²) in [7, 11) is 0. The van der Waals surface area contributed by atoms with Gasteiger partial charge in [0.2, 0.25) is 0 Å². The van der Waals surface area contributed by atoms with Crippen molar-refractivity contribution < 1.29 is 13.6 Å². The van der Waals surface area contributed by atoms with E-state index in [9.17, 15) is 13.6 Å². The lowest BCUT2D eigenvalue weighted by Crippen LogP contribution is -2.17. The monoisotopic (exact) mass is 201 g/mol. The van der Waals surface area contributed by atoms with Crippen LogP contribution in [0.2, 0.25) is 0 Å². The highest BCUT2D eigenvalue weighted by molar-refractivity contribution is 5.92. The van der Waals surface area contributed by atoms with Gasteiger partial charge < -0.3 is 11.5 Å². The van der Waals surface area contributed by atoms with Gasteiger partial charge >= 0.3 is 0 Å². The number of carbonyl (C=O) groups is 1. The van der Waals surface area contributed by atoms with Crippen LogP contribution >= 0.6 is 0 Å². The minimum Gasteiger partial charge on any atom is -0.364 e. The maximum Gasteiger partial charge on any atom is 0.267 e. The van der Waals surface area contributed by atoms with Crippen LogP contribution in [-0.4, -0.2) is 10.9 Å². The van der Waals surface area contributed by atoms with Gasteiger partial charge in [0.05, 0.1) is 5.69 Å². The number of halogens is 2. The Labute approximate surface area is 78.9 Å². The number of amides is 1. The van der Waals surface area contributed by atoms with Gasteiger partial charge in [-0.15, -0.1) is 0 Å². The van der Waals surface area contributed by atoms with Crippen molar-refractivity contribution in [3.8, 4) is 0 Å². The van der Waals surface area contributed by atoms with E-state index in [-0.39, 0.29) is 6.54 Å². The van der Waals surface area contributed by atoms with Gasteiger partial charge in [-0.1, -0.05) is 0 Å². The van der Waals surface area contributed by atoms with Crippen LogP contribution in [0.3, 0.4) is 0 Å². The van der Waals surface area contributed by atoms with Gasteiger partial charge in [-0.3, -0.25) is 4.79 Å². The Morgan fingerprint density at radius 1 is 1.50 bits per heavy atom. The number of alkyl halides is 2. The molecule has 1 aromatic heterocycles. The van der Waals surface area contributed by atoms with Gasteiger partial charge in [-0.25, -0.2) is 13.8 Å². The summed E-state index contributed by atoms with van der Waals surface area (Å²) in [5.74, 6) is -0.976. The molecule has 14 heavy (non-hydrogen) atoms. The Hall–Kier alpha value is -1.56. The summed E-state index contributed by atoms with van der Waals surface area (Å²) in [4.78, 5) is 14.4. The molecule has 0 saturated heterocycles. The van der Waals surface area contributed by atoms with Gasteiger partial charge in [0.1, 0.15) is 5.69 Å². The number of rotatable bonds is 3. The van der Waals surface area contributed by atoms with E-state index in [0.29, 0.717) is 5.69 Å².